The van der Waals surface area contributed by atoms with Gasteiger partial charge in [0.25, 0.3) is 0 Å². The zero-order valence-electron chi connectivity index (χ0n) is 16.2. The van der Waals surface area contributed by atoms with Gasteiger partial charge in [-0.25, -0.2) is 0 Å². The summed E-state index contributed by atoms with van der Waals surface area (Å²) in [5.41, 5.74) is 0. The van der Waals surface area contributed by atoms with Crippen molar-refractivity contribution in [1.29, 1.82) is 0 Å². The zero-order chi connectivity index (χ0) is 18.4. The van der Waals surface area contributed by atoms with Gasteiger partial charge < -0.3 is 19.4 Å². The minimum Gasteiger partial charge on any atom is -0.375 e. The topological polar surface area (TPSA) is 56.3 Å². The van der Waals surface area contributed by atoms with Crippen LogP contribution in [0.3, 0.4) is 0 Å². The van der Waals surface area contributed by atoms with Crippen molar-refractivity contribution in [2.24, 2.45) is 0 Å². The molecule has 2 saturated heterocycles. The smallest absolute Gasteiger partial charge is 0.225 e. The Kier molecular flexibility index (Phi) is 7.65. The number of carbonyl (C=O) groups is 2. The van der Waals surface area contributed by atoms with Crippen molar-refractivity contribution in [3.8, 4) is 0 Å². The molecular formula is C18H34N4O3. The van der Waals surface area contributed by atoms with E-state index in [2.05, 4.69) is 23.6 Å². The highest BCUT2D eigenvalue weighted by molar-refractivity contribution is 5.80. The molecule has 0 N–H and O–H groups in total. The van der Waals surface area contributed by atoms with Gasteiger partial charge in [0.05, 0.1) is 19.1 Å². The second-order valence-electron chi connectivity index (χ2n) is 7.60. The first-order valence-corrected chi connectivity index (χ1v) is 9.42. The number of nitrogens with zero attached hydrogens (tertiary/aromatic N) is 4. The van der Waals surface area contributed by atoms with E-state index in [1.54, 1.807) is 0 Å². The number of rotatable bonds is 6. The number of likely N-dealkylation sites (N-methyl/N-ethyl adjacent to an activating group) is 1. The molecule has 0 aromatic carbocycles. The molecule has 2 heterocycles. The lowest BCUT2D eigenvalue weighted by Crippen LogP contribution is -2.47. The first-order chi connectivity index (χ1) is 11.9. The van der Waals surface area contributed by atoms with E-state index in [0.717, 1.165) is 26.2 Å². The third-order valence-corrected chi connectivity index (χ3v) is 5.06. The maximum Gasteiger partial charge on any atom is 0.225 e. The average molecular weight is 354 g/mol. The third-order valence-electron chi connectivity index (χ3n) is 5.06. The molecule has 0 aliphatic carbocycles. The van der Waals surface area contributed by atoms with Gasteiger partial charge >= 0.3 is 0 Å². The highest BCUT2D eigenvalue weighted by atomic mass is 16.5. The molecule has 0 spiro atoms. The molecule has 0 aromatic rings. The van der Waals surface area contributed by atoms with Crippen LogP contribution in [-0.2, 0) is 14.3 Å². The van der Waals surface area contributed by atoms with Gasteiger partial charge in [-0.05, 0) is 27.9 Å². The number of amides is 2. The van der Waals surface area contributed by atoms with Crippen molar-refractivity contribution < 1.29 is 14.3 Å². The molecule has 2 amide bonds. The summed E-state index contributed by atoms with van der Waals surface area (Å²) in [6, 6.07) is 0.475. The Hall–Kier alpha value is -1.18. The van der Waals surface area contributed by atoms with Crippen molar-refractivity contribution in [2.75, 3.05) is 66.5 Å². The van der Waals surface area contributed by atoms with Crippen LogP contribution in [-0.4, -0.2) is 110 Å². The van der Waals surface area contributed by atoms with Gasteiger partial charge in [-0.1, -0.05) is 0 Å². The SMILES string of the molecule is CC(C)N1CCO[C@H](CC(=O)N2CCC(=O)N(CCN(C)C)CC2)C1. The van der Waals surface area contributed by atoms with Crippen molar-refractivity contribution in [3.05, 3.63) is 0 Å². The molecule has 144 valence electrons. The molecule has 7 heteroatoms. The summed E-state index contributed by atoms with van der Waals surface area (Å²) >= 11 is 0. The monoisotopic (exact) mass is 354 g/mol. The summed E-state index contributed by atoms with van der Waals surface area (Å²) < 4.78 is 5.79. The van der Waals surface area contributed by atoms with Crippen molar-refractivity contribution in [1.82, 2.24) is 19.6 Å². The Morgan fingerprint density at radius 1 is 1.24 bits per heavy atom. The first-order valence-electron chi connectivity index (χ1n) is 9.42. The Labute approximate surface area is 151 Å². The van der Waals surface area contributed by atoms with Crippen LogP contribution in [0.1, 0.15) is 26.7 Å². The van der Waals surface area contributed by atoms with Crippen molar-refractivity contribution in [2.45, 2.75) is 38.8 Å². The average Bonchev–Trinajstić information content (AvgIpc) is 2.75. The predicted octanol–water partition coefficient (Wildman–Crippen LogP) is 0.108. The van der Waals surface area contributed by atoms with Gasteiger partial charge in [0.1, 0.15) is 0 Å². The normalized spacial score (nSPS) is 23.4. The second-order valence-corrected chi connectivity index (χ2v) is 7.60. The van der Waals surface area contributed by atoms with E-state index in [4.69, 9.17) is 4.74 Å². The Morgan fingerprint density at radius 2 is 2.00 bits per heavy atom. The molecule has 2 rings (SSSR count). The van der Waals surface area contributed by atoms with Crippen LogP contribution in [0.15, 0.2) is 0 Å². The Bertz CT molecular complexity index is 456. The van der Waals surface area contributed by atoms with Crippen LogP contribution < -0.4 is 0 Å². The minimum absolute atomic E-state index is 0.0348. The van der Waals surface area contributed by atoms with Gasteiger partial charge in [-0.2, -0.15) is 0 Å². The maximum atomic E-state index is 12.7. The molecular weight excluding hydrogens is 320 g/mol. The molecule has 0 radical (unpaired) electrons. The van der Waals surface area contributed by atoms with E-state index in [0.29, 0.717) is 45.1 Å². The Morgan fingerprint density at radius 3 is 2.68 bits per heavy atom. The molecule has 0 unspecified atom stereocenters. The van der Waals surface area contributed by atoms with Gasteiger partial charge in [0.15, 0.2) is 0 Å². The van der Waals surface area contributed by atoms with Gasteiger partial charge in [-0.3, -0.25) is 14.5 Å². The number of hydrogen-bond acceptors (Lipinski definition) is 5. The fraction of sp³-hybridized carbons (Fsp3) is 0.889. The fourth-order valence-electron chi connectivity index (χ4n) is 3.33. The number of carbonyl (C=O) groups excluding carboxylic acids is 2. The number of ether oxygens (including phenoxy) is 1. The van der Waals surface area contributed by atoms with Gasteiger partial charge in [-0.15, -0.1) is 0 Å². The molecule has 7 nitrogen and oxygen atoms in total. The highest BCUT2D eigenvalue weighted by Crippen LogP contribution is 2.14. The van der Waals surface area contributed by atoms with E-state index in [-0.39, 0.29) is 17.9 Å². The molecule has 25 heavy (non-hydrogen) atoms. The molecule has 2 aliphatic rings. The highest BCUT2D eigenvalue weighted by Gasteiger charge is 2.28. The van der Waals surface area contributed by atoms with Crippen LogP contribution in [0.25, 0.3) is 0 Å². The summed E-state index contributed by atoms with van der Waals surface area (Å²) in [7, 11) is 4.01. The van der Waals surface area contributed by atoms with Crippen LogP contribution in [0.4, 0.5) is 0 Å². The quantitative estimate of drug-likeness (QED) is 0.678. The first kappa shape index (κ1) is 20.1. The molecule has 2 aliphatic heterocycles. The molecule has 0 bridgehead atoms. The fourth-order valence-corrected chi connectivity index (χ4v) is 3.33. The van der Waals surface area contributed by atoms with Gasteiger partial charge in [0, 0.05) is 58.3 Å². The summed E-state index contributed by atoms with van der Waals surface area (Å²) in [4.78, 5) is 33.1. The zero-order valence-corrected chi connectivity index (χ0v) is 16.2. The number of hydrogen-bond donors (Lipinski definition) is 0. The molecule has 1 atom stereocenters. The Balaban J connectivity index is 1.82. The lowest BCUT2D eigenvalue weighted by Gasteiger charge is -2.36. The summed E-state index contributed by atoms with van der Waals surface area (Å²) in [5.74, 6) is 0.259. The van der Waals surface area contributed by atoms with Crippen LogP contribution in [0.5, 0.6) is 0 Å². The van der Waals surface area contributed by atoms with E-state index >= 15 is 0 Å². The lowest BCUT2D eigenvalue weighted by molar-refractivity contribution is -0.136. The predicted molar refractivity (Wildman–Crippen MR) is 97.4 cm³/mol. The van der Waals surface area contributed by atoms with Crippen LogP contribution in [0, 0.1) is 0 Å². The summed E-state index contributed by atoms with van der Waals surface area (Å²) in [6.07, 6.45) is 0.796. The van der Waals surface area contributed by atoms with Crippen molar-refractivity contribution >= 4 is 11.8 Å². The van der Waals surface area contributed by atoms with Crippen LogP contribution >= 0.6 is 0 Å². The molecule has 0 aromatic heterocycles. The third kappa shape index (κ3) is 6.24. The largest absolute Gasteiger partial charge is 0.375 e. The number of morpholine rings is 1. The maximum absolute atomic E-state index is 12.7. The van der Waals surface area contributed by atoms with Crippen molar-refractivity contribution in [3.63, 3.8) is 0 Å². The van der Waals surface area contributed by atoms with Crippen LogP contribution in [0.2, 0.25) is 0 Å². The summed E-state index contributed by atoms with van der Waals surface area (Å²) in [6.45, 7) is 10.1. The molecule has 2 fully saturated rings. The van der Waals surface area contributed by atoms with E-state index in [1.165, 1.54) is 0 Å². The van der Waals surface area contributed by atoms with E-state index in [1.807, 2.05) is 23.9 Å². The lowest BCUT2D eigenvalue weighted by atomic mass is 10.1. The second kappa shape index (κ2) is 9.50. The van der Waals surface area contributed by atoms with E-state index < -0.39 is 0 Å². The van der Waals surface area contributed by atoms with Gasteiger partial charge in [0.2, 0.25) is 11.8 Å². The molecule has 0 saturated carbocycles. The summed E-state index contributed by atoms with van der Waals surface area (Å²) in [5, 5.41) is 0. The van der Waals surface area contributed by atoms with E-state index in [9.17, 15) is 9.59 Å². The standard InChI is InChI=1S/C18H34N4O3/c1-15(2)22-11-12-25-16(14-22)13-18(24)20-6-5-17(23)21(10-9-20)8-7-19(3)4/h15-16H,5-14H2,1-4H3/t16-/m1/s1. The minimum atomic E-state index is -0.0348.